The van der Waals surface area contributed by atoms with E-state index in [0.29, 0.717) is 12.0 Å². The van der Waals surface area contributed by atoms with Crippen molar-refractivity contribution in [3.05, 3.63) is 0 Å². The molecule has 1 heterocycles. The number of likely N-dealkylation sites (N-methyl/N-ethyl adjacent to an activating group) is 1. The van der Waals surface area contributed by atoms with Crippen LogP contribution in [0.25, 0.3) is 0 Å². The van der Waals surface area contributed by atoms with Crippen LogP contribution < -0.4 is 5.32 Å². The van der Waals surface area contributed by atoms with Gasteiger partial charge in [-0.2, -0.15) is 5.26 Å². The fourth-order valence-corrected chi connectivity index (χ4v) is 3.18. The third kappa shape index (κ3) is 3.47. The summed E-state index contributed by atoms with van der Waals surface area (Å²) >= 11 is 0. The number of hydrogen-bond acceptors (Lipinski definition) is 4. The Morgan fingerprint density at radius 3 is 2.32 bits per heavy atom. The van der Waals surface area contributed by atoms with Gasteiger partial charge in [0.25, 0.3) is 0 Å². The molecule has 2 rings (SSSR count). The van der Waals surface area contributed by atoms with Crippen molar-refractivity contribution in [3.8, 4) is 6.07 Å². The number of nitrogens with zero attached hydrogens (tertiary/aromatic N) is 3. The standard InChI is InChI=1S/C15H28N4/c1-4-17-15(11-16,14-5-6-14)12-18-7-9-19(10-8-18)13(2)3/h13-14,17H,4-10,12H2,1-3H3. The summed E-state index contributed by atoms with van der Waals surface area (Å²) in [5.74, 6) is 0.570. The predicted octanol–water partition coefficient (Wildman–Crippen LogP) is 1.29. The number of piperazine rings is 1. The normalized spacial score (nSPS) is 25.2. The first kappa shape index (κ1) is 14.8. The topological polar surface area (TPSA) is 42.3 Å². The minimum absolute atomic E-state index is 0.297. The molecule has 2 aliphatic rings. The molecule has 1 saturated carbocycles. The molecule has 1 N–H and O–H groups in total. The molecule has 0 spiro atoms. The Morgan fingerprint density at radius 2 is 1.89 bits per heavy atom. The molecule has 1 saturated heterocycles. The van der Waals surface area contributed by atoms with Gasteiger partial charge in [0.2, 0.25) is 0 Å². The van der Waals surface area contributed by atoms with Gasteiger partial charge in [0, 0.05) is 38.8 Å². The minimum atomic E-state index is -0.297. The van der Waals surface area contributed by atoms with Gasteiger partial charge in [0.05, 0.1) is 6.07 Å². The lowest BCUT2D eigenvalue weighted by Gasteiger charge is -2.40. The van der Waals surface area contributed by atoms with Crippen LogP contribution in [0.5, 0.6) is 0 Å². The first-order valence-corrected chi connectivity index (χ1v) is 7.74. The van der Waals surface area contributed by atoms with Crippen LogP contribution >= 0.6 is 0 Å². The fourth-order valence-electron chi connectivity index (χ4n) is 3.18. The van der Waals surface area contributed by atoms with Gasteiger partial charge >= 0.3 is 0 Å². The van der Waals surface area contributed by atoms with Gasteiger partial charge in [-0.25, -0.2) is 0 Å². The van der Waals surface area contributed by atoms with E-state index >= 15 is 0 Å². The first-order chi connectivity index (χ1) is 9.11. The monoisotopic (exact) mass is 264 g/mol. The van der Waals surface area contributed by atoms with Gasteiger partial charge in [0.15, 0.2) is 0 Å². The zero-order chi connectivity index (χ0) is 13.9. The minimum Gasteiger partial charge on any atom is -0.298 e. The van der Waals surface area contributed by atoms with Gasteiger partial charge in [-0.3, -0.25) is 15.1 Å². The molecule has 1 unspecified atom stereocenters. The highest BCUT2D eigenvalue weighted by Crippen LogP contribution is 2.40. The molecule has 1 aliphatic heterocycles. The predicted molar refractivity (Wildman–Crippen MR) is 77.9 cm³/mol. The van der Waals surface area contributed by atoms with Crippen LogP contribution in [-0.2, 0) is 0 Å². The van der Waals surface area contributed by atoms with Gasteiger partial charge in [-0.15, -0.1) is 0 Å². The Bertz CT molecular complexity index is 324. The highest BCUT2D eigenvalue weighted by atomic mass is 15.3. The van der Waals surface area contributed by atoms with E-state index in [4.69, 9.17) is 0 Å². The van der Waals surface area contributed by atoms with Gasteiger partial charge < -0.3 is 0 Å². The average Bonchev–Trinajstić information content (AvgIpc) is 3.23. The lowest BCUT2D eigenvalue weighted by molar-refractivity contribution is 0.0893. The summed E-state index contributed by atoms with van der Waals surface area (Å²) in [6, 6.07) is 3.23. The molecule has 0 aromatic carbocycles. The van der Waals surface area contributed by atoms with E-state index < -0.39 is 0 Å². The van der Waals surface area contributed by atoms with Crippen LogP contribution in [0.3, 0.4) is 0 Å². The van der Waals surface area contributed by atoms with Crippen molar-refractivity contribution in [1.29, 1.82) is 5.26 Å². The molecule has 0 aromatic rings. The number of nitrogens with one attached hydrogen (secondary N) is 1. The summed E-state index contributed by atoms with van der Waals surface area (Å²) in [6.45, 7) is 12.9. The molecular weight excluding hydrogens is 236 g/mol. The Morgan fingerprint density at radius 1 is 1.26 bits per heavy atom. The van der Waals surface area contributed by atoms with Crippen LogP contribution in [0, 0.1) is 17.2 Å². The van der Waals surface area contributed by atoms with Crippen molar-refractivity contribution in [1.82, 2.24) is 15.1 Å². The summed E-state index contributed by atoms with van der Waals surface area (Å²) in [5, 5.41) is 13.1. The highest BCUT2D eigenvalue weighted by Gasteiger charge is 2.46. The molecule has 1 atom stereocenters. The third-order valence-corrected chi connectivity index (χ3v) is 4.58. The summed E-state index contributed by atoms with van der Waals surface area (Å²) in [7, 11) is 0. The summed E-state index contributed by atoms with van der Waals surface area (Å²) < 4.78 is 0. The van der Waals surface area contributed by atoms with Gasteiger partial charge in [-0.1, -0.05) is 6.92 Å². The maximum atomic E-state index is 9.64. The Kier molecular flexibility index (Phi) is 4.83. The third-order valence-electron chi connectivity index (χ3n) is 4.58. The lowest BCUT2D eigenvalue weighted by atomic mass is 9.93. The quantitative estimate of drug-likeness (QED) is 0.785. The van der Waals surface area contributed by atoms with Crippen molar-refractivity contribution in [3.63, 3.8) is 0 Å². The van der Waals surface area contributed by atoms with E-state index in [0.717, 1.165) is 39.3 Å². The summed E-state index contributed by atoms with van der Waals surface area (Å²) in [4.78, 5) is 5.00. The SMILES string of the molecule is CCNC(C#N)(CN1CCN(C(C)C)CC1)C1CC1. The van der Waals surface area contributed by atoms with E-state index in [1.54, 1.807) is 0 Å². The molecule has 4 nitrogen and oxygen atoms in total. The fraction of sp³-hybridized carbons (Fsp3) is 0.933. The van der Waals surface area contributed by atoms with Crippen LogP contribution in [0.4, 0.5) is 0 Å². The first-order valence-electron chi connectivity index (χ1n) is 7.74. The Hall–Kier alpha value is -0.630. The molecule has 0 bridgehead atoms. The van der Waals surface area contributed by atoms with E-state index in [2.05, 4.69) is 42.0 Å². The smallest absolute Gasteiger partial charge is 0.122 e. The largest absolute Gasteiger partial charge is 0.298 e. The molecular formula is C15H28N4. The molecule has 19 heavy (non-hydrogen) atoms. The molecule has 4 heteroatoms. The molecule has 108 valence electrons. The number of hydrogen-bond donors (Lipinski definition) is 1. The second-order valence-corrected chi connectivity index (χ2v) is 6.29. The Balaban J connectivity index is 1.90. The van der Waals surface area contributed by atoms with E-state index in [1.807, 2.05) is 0 Å². The van der Waals surface area contributed by atoms with Crippen LogP contribution in [0.1, 0.15) is 33.6 Å². The van der Waals surface area contributed by atoms with Crippen LogP contribution in [0.2, 0.25) is 0 Å². The van der Waals surface area contributed by atoms with Gasteiger partial charge in [-0.05, 0) is 39.2 Å². The van der Waals surface area contributed by atoms with Crippen molar-refractivity contribution in [2.45, 2.75) is 45.2 Å². The van der Waals surface area contributed by atoms with Crippen molar-refractivity contribution >= 4 is 0 Å². The molecule has 2 fully saturated rings. The van der Waals surface area contributed by atoms with Crippen LogP contribution in [0.15, 0.2) is 0 Å². The van der Waals surface area contributed by atoms with Crippen molar-refractivity contribution < 1.29 is 0 Å². The summed E-state index contributed by atoms with van der Waals surface area (Å²) in [5.41, 5.74) is -0.297. The van der Waals surface area contributed by atoms with E-state index in [9.17, 15) is 5.26 Å². The highest BCUT2D eigenvalue weighted by molar-refractivity contribution is 5.16. The van der Waals surface area contributed by atoms with E-state index in [-0.39, 0.29) is 5.54 Å². The van der Waals surface area contributed by atoms with E-state index in [1.165, 1.54) is 12.8 Å². The molecule has 0 amide bonds. The number of nitriles is 1. The van der Waals surface area contributed by atoms with Crippen LogP contribution in [-0.4, -0.2) is 60.6 Å². The van der Waals surface area contributed by atoms with Crippen molar-refractivity contribution in [2.24, 2.45) is 5.92 Å². The van der Waals surface area contributed by atoms with Gasteiger partial charge in [0.1, 0.15) is 5.54 Å². The molecule has 0 aromatic heterocycles. The zero-order valence-corrected chi connectivity index (χ0v) is 12.7. The second-order valence-electron chi connectivity index (χ2n) is 6.29. The molecule has 0 radical (unpaired) electrons. The lowest BCUT2D eigenvalue weighted by Crippen LogP contribution is -2.58. The zero-order valence-electron chi connectivity index (χ0n) is 12.7. The maximum Gasteiger partial charge on any atom is 0.122 e. The molecule has 1 aliphatic carbocycles. The number of rotatable bonds is 6. The maximum absolute atomic E-state index is 9.64. The average molecular weight is 264 g/mol. The second kappa shape index (κ2) is 6.21. The summed E-state index contributed by atoms with van der Waals surface area (Å²) in [6.07, 6.45) is 2.43. The van der Waals surface area contributed by atoms with Crippen molar-refractivity contribution in [2.75, 3.05) is 39.3 Å². The Labute approximate surface area is 117 Å².